The van der Waals surface area contributed by atoms with E-state index in [1.165, 1.54) is 19.7 Å². The highest BCUT2D eigenvalue weighted by Crippen LogP contribution is 2.18. The summed E-state index contributed by atoms with van der Waals surface area (Å²) in [6.45, 7) is 4.81. The van der Waals surface area contributed by atoms with Gasteiger partial charge >= 0.3 is 10.2 Å². The number of pyridine rings is 1. The van der Waals surface area contributed by atoms with Crippen LogP contribution in [0.15, 0.2) is 48.7 Å². The number of hydrogen-bond acceptors (Lipinski definition) is 5. The number of benzene rings is 1. The third-order valence-electron chi connectivity index (χ3n) is 4.45. The Balaban J connectivity index is 1.55. The predicted molar refractivity (Wildman–Crippen MR) is 104 cm³/mol. The van der Waals surface area contributed by atoms with E-state index < -0.39 is 10.2 Å². The van der Waals surface area contributed by atoms with Gasteiger partial charge in [-0.2, -0.15) is 12.7 Å². The zero-order valence-electron chi connectivity index (χ0n) is 15.2. The molecule has 0 amide bonds. The van der Waals surface area contributed by atoms with Crippen LogP contribution in [0.3, 0.4) is 0 Å². The van der Waals surface area contributed by atoms with Crippen LogP contribution in [0.5, 0.6) is 0 Å². The Morgan fingerprint density at radius 1 is 1.04 bits per heavy atom. The smallest absolute Gasteiger partial charge is 0.302 e. The molecule has 7 nitrogen and oxygen atoms in total. The minimum atomic E-state index is -3.53. The second-order valence-electron chi connectivity index (χ2n) is 6.54. The maximum atomic E-state index is 11.8. The molecule has 1 aliphatic heterocycles. The fourth-order valence-corrected chi connectivity index (χ4v) is 3.43. The average Bonchev–Trinajstić information content (AvgIpc) is 2.63. The van der Waals surface area contributed by atoms with Crippen molar-refractivity contribution in [3.63, 3.8) is 0 Å². The number of hydrogen-bond donors (Lipinski definition) is 1. The molecule has 1 aromatic heterocycles. The Morgan fingerprint density at radius 2 is 1.73 bits per heavy atom. The number of aromatic nitrogens is 1. The van der Waals surface area contributed by atoms with Gasteiger partial charge in [-0.05, 0) is 17.7 Å². The van der Waals surface area contributed by atoms with Crippen LogP contribution in [0.1, 0.15) is 5.56 Å². The molecule has 26 heavy (non-hydrogen) atoms. The molecule has 0 atom stereocenters. The molecule has 1 fully saturated rings. The Hall–Kier alpha value is -2.16. The van der Waals surface area contributed by atoms with Gasteiger partial charge in [0.25, 0.3) is 0 Å². The molecule has 0 bridgehead atoms. The first-order chi connectivity index (χ1) is 12.4. The van der Waals surface area contributed by atoms with E-state index in [1.807, 2.05) is 12.1 Å². The standard InChI is InChI=1S/C18H25N5O2S/c1-21(2)26(24,25)20-18-9-8-17(14-19-18)23-12-10-22(11-13-23)15-16-6-4-3-5-7-16/h3-9,14H,10-13,15H2,1-2H3,(H,19,20). The molecule has 0 unspecified atom stereocenters. The van der Waals surface area contributed by atoms with Gasteiger partial charge in [0.2, 0.25) is 0 Å². The predicted octanol–water partition coefficient (Wildman–Crippen LogP) is 1.62. The van der Waals surface area contributed by atoms with Crippen molar-refractivity contribution in [2.75, 3.05) is 49.9 Å². The Kier molecular flexibility index (Phi) is 5.75. The van der Waals surface area contributed by atoms with E-state index in [0.29, 0.717) is 5.82 Å². The molecule has 0 aliphatic carbocycles. The normalized spacial score (nSPS) is 16.0. The summed E-state index contributed by atoms with van der Waals surface area (Å²) >= 11 is 0. The first-order valence-corrected chi connectivity index (χ1v) is 10.1. The van der Waals surface area contributed by atoms with E-state index in [4.69, 9.17) is 0 Å². The van der Waals surface area contributed by atoms with Crippen LogP contribution in [0.25, 0.3) is 0 Å². The summed E-state index contributed by atoms with van der Waals surface area (Å²) in [7, 11) is -0.570. The molecule has 140 valence electrons. The maximum absolute atomic E-state index is 11.8. The topological polar surface area (TPSA) is 68.8 Å². The first-order valence-electron chi connectivity index (χ1n) is 8.61. The number of piperazine rings is 1. The summed E-state index contributed by atoms with van der Waals surface area (Å²) in [5.74, 6) is 0.324. The maximum Gasteiger partial charge on any atom is 0.302 e. The molecular weight excluding hydrogens is 350 g/mol. The van der Waals surface area contributed by atoms with Crippen molar-refractivity contribution in [1.82, 2.24) is 14.2 Å². The second kappa shape index (κ2) is 8.03. The Morgan fingerprint density at radius 3 is 2.31 bits per heavy atom. The van der Waals surface area contributed by atoms with E-state index in [2.05, 4.69) is 43.8 Å². The van der Waals surface area contributed by atoms with Crippen molar-refractivity contribution in [1.29, 1.82) is 0 Å². The summed E-state index contributed by atoms with van der Waals surface area (Å²) in [5.41, 5.74) is 2.34. The molecular formula is C18H25N5O2S. The lowest BCUT2D eigenvalue weighted by atomic mass is 10.2. The van der Waals surface area contributed by atoms with E-state index in [0.717, 1.165) is 42.7 Å². The molecule has 1 saturated heterocycles. The third-order valence-corrected chi connectivity index (χ3v) is 5.88. The van der Waals surface area contributed by atoms with Crippen LogP contribution in [0.4, 0.5) is 11.5 Å². The molecule has 2 aromatic rings. The first kappa shape index (κ1) is 18.6. The summed E-state index contributed by atoms with van der Waals surface area (Å²) in [6.07, 6.45) is 1.72. The number of anilines is 2. The van der Waals surface area contributed by atoms with Gasteiger partial charge in [-0.25, -0.2) is 4.98 Å². The molecule has 3 rings (SSSR count). The molecule has 1 aliphatic rings. The number of nitrogens with zero attached hydrogens (tertiary/aromatic N) is 4. The van der Waals surface area contributed by atoms with Crippen LogP contribution in [0.2, 0.25) is 0 Å². The van der Waals surface area contributed by atoms with Gasteiger partial charge in [-0.3, -0.25) is 9.62 Å². The quantitative estimate of drug-likeness (QED) is 0.831. The van der Waals surface area contributed by atoms with Crippen LogP contribution < -0.4 is 9.62 Å². The second-order valence-corrected chi connectivity index (χ2v) is 8.42. The zero-order chi connectivity index (χ0) is 18.6. The fourth-order valence-electron chi connectivity index (χ4n) is 2.86. The van der Waals surface area contributed by atoms with Gasteiger partial charge in [-0.15, -0.1) is 0 Å². The third kappa shape index (κ3) is 4.72. The minimum Gasteiger partial charge on any atom is -0.368 e. The summed E-state index contributed by atoms with van der Waals surface area (Å²) < 4.78 is 27.2. The van der Waals surface area contributed by atoms with Crippen LogP contribution in [-0.2, 0) is 16.8 Å². The van der Waals surface area contributed by atoms with Crippen molar-refractivity contribution >= 4 is 21.7 Å². The van der Waals surface area contributed by atoms with Crippen molar-refractivity contribution in [2.24, 2.45) is 0 Å². The molecule has 0 radical (unpaired) electrons. The Bertz CT molecular complexity index is 801. The molecule has 1 aromatic carbocycles. The fraction of sp³-hybridized carbons (Fsp3) is 0.389. The van der Waals surface area contributed by atoms with Crippen LogP contribution in [0, 0.1) is 0 Å². The molecule has 8 heteroatoms. The average molecular weight is 375 g/mol. The molecule has 2 heterocycles. The van der Waals surface area contributed by atoms with Gasteiger partial charge in [0, 0.05) is 46.8 Å². The SMILES string of the molecule is CN(C)S(=O)(=O)Nc1ccc(N2CCN(Cc3ccccc3)CC2)cn1. The van der Waals surface area contributed by atoms with Gasteiger partial charge in [0.05, 0.1) is 11.9 Å². The van der Waals surface area contributed by atoms with Gasteiger partial charge < -0.3 is 4.90 Å². The largest absolute Gasteiger partial charge is 0.368 e. The van der Waals surface area contributed by atoms with Crippen LogP contribution in [-0.4, -0.2) is 62.9 Å². The van der Waals surface area contributed by atoms with Crippen molar-refractivity contribution in [3.8, 4) is 0 Å². The summed E-state index contributed by atoms with van der Waals surface area (Å²) in [4.78, 5) is 8.96. The monoisotopic (exact) mass is 375 g/mol. The lowest BCUT2D eigenvalue weighted by Gasteiger charge is -2.36. The summed E-state index contributed by atoms with van der Waals surface area (Å²) in [5, 5.41) is 0. The minimum absolute atomic E-state index is 0.324. The van der Waals surface area contributed by atoms with Gasteiger partial charge in [0.15, 0.2) is 0 Å². The van der Waals surface area contributed by atoms with E-state index >= 15 is 0 Å². The van der Waals surface area contributed by atoms with E-state index in [9.17, 15) is 8.42 Å². The van der Waals surface area contributed by atoms with Crippen molar-refractivity contribution in [2.45, 2.75) is 6.54 Å². The number of rotatable bonds is 6. The highest BCUT2D eigenvalue weighted by molar-refractivity contribution is 7.90. The lowest BCUT2D eigenvalue weighted by Crippen LogP contribution is -2.46. The van der Waals surface area contributed by atoms with Gasteiger partial charge in [0.1, 0.15) is 5.82 Å². The Labute approximate surface area is 155 Å². The molecule has 0 spiro atoms. The zero-order valence-corrected chi connectivity index (χ0v) is 16.0. The van der Waals surface area contributed by atoms with Crippen molar-refractivity contribution in [3.05, 3.63) is 54.2 Å². The van der Waals surface area contributed by atoms with E-state index in [1.54, 1.807) is 12.3 Å². The van der Waals surface area contributed by atoms with Gasteiger partial charge in [-0.1, -0.05) is 30.3 Å². The highest BCUT2D eigenvalue weighted by Gasteiger charge is 2.18. The number of nitrogens with one attached hydrogen (secondary N) is 1. The van der Waals surface area contributed by atoms with Crippen molar-refractivity contribution < 1.29 is 8.42 Å². The molecule has 1 N–H and O–H groups in total. The highest BCUT2D eigenvalue weighted by atomic mass is 32.2. The van der Waals surface area contributed by atoms with Crippen LogP contribution >= 0.6 is 0 Å². The summed E-state index contributed by atoms with van der Waals surface area (Å²) in [6, 6.07) is 14.1. The van der Waals surface area contributed by atoms with E-state index in [-0.39, 0.29) is 0 Å². The lowest BCUT2D eigenvalue weighted by molar-refractivity contribution is 0.250. The molecule has 0 saturated carbocycles.